The predicted octanol–water partition coefficient (Wildman–Crippen LogP) is 5.20. The SMILES string of the molecule is CCCCCCCCCCCCCCCCCCC1=NC=C[N+]1(CC(=O)O)C(C)O.C[N+](C)(C)CC(=O)[O-]. The number of carboxylic acid groups (broad SMARTS) is 2. The van der Waals surface area contributed by atoms with Gasteiger partial charge in [-0.1, -0.05) is 103 Å². The number of hydrogen-bond acceptors (Lipinski definition) is 5. The second-order valence-corrected chi connectivity index (χ2v) is 11.8. The third kappa shape index (κ3) is 18.5. The van der Waals surface area contributed by atoms with Crippen molar-refractivity contribution >= 4 is 17.8 Å². The highest BCUT2D eigenvalue weighted by Crippen LogP contribution is 2.24. The van der Waals surface area contributed by atoms with Crippen LogP contribution >= 0.6 is 0 Å². The quantitative estimate of drug-likeness (QED) is 0.145. The van der Waals surface area contributed by atoms with Gasteiger partial charge in [-0.3, -0.25) is 0 Å². The molecule has 0 bridgehead atoms. The summed E-state index contributed by atoms with van der Waals surface area (Å²) in [5.74, 6) is -1.14. The summed E-state index contributed by atoms with van der Waals surface area (Å²) in [7, 11) is 5.40. The highest BCUT2D eigenvalue weighted by Gasteiger charge is 2.41. The molecule has 0 saturated heterocycles. The average molecular weight is 541 g/mol. The molecule has 2 atom stereocenters. The van der Waals surface area contributed by atoms with E-state index in [-0.39, 0.29) is 17.6 Å². The number of likely N-dealkylation sites (N-methyl/N-ethyl adjacent to an activating group) is 1. The number of amidine groups is 1. The Bertz CT molecular complexity index is 700. The van der Waals surface area contributed by atoms with Crippen LogP contribution in [0.1, 0.15) is 123 Å². The molecule has 1 aliphatic rings. The molecule has 0 aromatic rings. The predicted molar refractivity (Wildman–Crippen MR) is 153 cm³/mol. The van der Waals surface area contributed by atoms with E-state index < -0.39 is 18.2 Å². The van der Waals surface area contributed by atoms with E-state index in [2.05, 4.69) is 11.9 Å². The Balaban J connectivity index is 0.00000147. The maximum atomic E-state index is 11.2. The maximum absolute atomic E-state index is 11.2. The number of carboxylic acids is 2. The number of carbonyl (C=O) groups is 2. The topological polar surface area (TPSA) is 110 Å². The van der Waals surface area contributed by atoms with Crippen LogP contribution < -0.4 is 5.11 Å². The van der Waals surface area contributed by atoms with Crippen LogP contribution in [0.3, 0.4) is 0 Å². The summed E-state index contributed by atoms with van der Waals surface area (Å²) in [6.45, 7) is 3.84. The average Bonchev–Trinajstić information content (AvgIpc) is 3.20. The number of aliphatic carboxylic acids is 2. The highest BCUT2D eigenvalue weighted by molar-refractivity contribution is 5.81. The minimum absolute atomic E-state index is 0.0475. The number of unbranched alkanes of at least 4 members (excludes halogenated alkanes) is 15. The molecule has 0 radical (unpaired) electrons. The number of hydrogen-bond donors (Lipinski definition) is 2. The molecular formula is C30H58N3O5+. The van der Waals surface area contributed by atoms with E-state index in [4.69, 9.17) is 0 Å². The van der Waals surface area contributed by atoms with Crippen molar-refractivity contribution in [3.8, 4) is 0 Å². The third-order valence-corrected chi connectivity index (χ3v) is 6.96. The molecule has 222 valence electrons. The number of aliphatic imine (C=N–C) groups is 1. The summed E-state index contributed by atoms with van der Waals surface area (Å²) in [5.41, 5.74) is 0. The van der Waals surface area contributed by atoms with Gasteiger partial charge < -0.3 is 24.6 Å². The molecule has 0 amide bonds. The Morgan fingerprint density at radius 1 is 0.868 bits per heavy atom. The van der Waals surface area contributed by atoms with Gasteiger partial charge in [-0.15, -0.1) is 0 Å². The van der Waals surface area contributed by atoms with Gasteiger partial charge in [0.1, 0.15) is 12.7 Å². The van der Waals surface area contributed by atoms with Crippen LogP contribution in [0.2, 0.25) is 0 Å². The normalized spacial score (nSPS) is 17.6. The first-order valence-corrected chi connectivity index (χ1v) is 15.0. The molecule has 0 aromatic carbocycles. The fourth-order valence-electron chi connectivity index (χ4n) is 4.76. The van der Waals surface area contributed by atoms with Gasteiger partial charge in [0.2, 0.25) is 5.84 Å². The van der Waals surface area contributed by atoms with Crippen LogP contribution in [0.15, 0.2) is 17.4 Å². The van der Waals surface area contributed by atoms with Crippen molar-refractivity contribution in [3.05, 3.63) is 12.4 Å². The van der Waals surface area contributed by atoms with Gasteiger partial charge in [0.05, 0.1) is 33.3 Å². The first-order chi connectivity index (χ1) is 17.9. The fourth-order valence-corrected chi connectivity index (χ4v) is 4.76. The molecular weight excluding hydrogens is 482 g/mol. The lowest BCUT2D eigenvalue weighted by atomic mass is 10.0. The minimum atomic E-state index is -1.00. The van der Waals surface area contributed by atoms with Crippen LogP contribution in [0.5, 0.6) is 0 Å². The molecule has 8 heteroatoms. The molecule has 0 aliphatic carbocycles. The third-order valence-electron chi connectivity index (χ3n) is 6.96. The van der Waals surface area contributed by atoms with Gasteiger partial charge >= 0.3 is 5.97 Å². The molecule has 8 nitrogen and oxygen atoms in total. The number of rotatable bonds is 22. The second-order valence-electron chi connectivity index (χ2n) is 11.8. The highest BCUT2D eigenvalue weighted by atomic mass is 16.4. The summed E-state index contributed by atoms with van der Waals surface area (Å²) < 4.78 is 0.371. The van der Waals surface area contributed by atoms with E-state index in [9.17, 15) is 24.9 Å². The molecule has 2 N–H and O–H groups in total. The van der Waals surface area contributed by atoms with E-state index in [1.54, 1.807) is 40.5 Å². The molecule has 0 aromatic heterocycles. The van der Waals surface area contributed by atoms with Gasteiger partial charge in [0.25, 0.3) is 0 Å². The van der Waals surface area contributed by atoms with Gasteiger partial charge in [0.15, 0.2) is 12.8 Å². The van der Waals surface area contributed by atoms with Gasteiger partial charge in [-0.25, -0.2) is 14.3 Å². The maximum Gasteiger partial charge on any atom is 0.360 e. The molecule has 2 unspecified atom stereocenters. The number of carbonyl (C=O) groups excluding carboxylic acids is 1. The van der Waals surface area contributed by atoms with E-state index in [0.717, 1.165) is 25.1 Å². The molecule has 38 heavy (non-hydrogen) atoms. The summed E-state index contributed by atoms with van der Waals surface area (Å²) in [6.07, 6.45) is 24.7. The van der Waals surface area contributed by atoms with Crippen molar-refractivity contribution in [2.75, 3.05) is 34.2 Å². The van der Waals surface area contributed by atoms with Crippen LogP contribution in [0.25, 0.3) is 0 Å². The molecule has 1 aliphatic heterocycles. The van der Waals surface area contributed by atoms with Crippen molar-refractivity contribution in [1.29, 1.82) is 0 Å². The Morgan fingerprint density at radius 3 is 1.61 bits per heavy atom. The standard InChI is InChI=1S/C25H46N2O3.C5H11NO2/c1-3-4-5-6-7-8-9-10-11-12-13-14-15-16-17-18-19-24-26-20-21-27(24,23(2)28)22-25(29)30;1-6(2,3)4-5(7)8/h20-21,23,28H,3-19,22H2,1-2H3;4H2,1-3H3/p+1. The lowest BCUT2D eigenvalue weighted by molar-refractivity contribution is -0.864. The Hall–Kier alpha value is -1.77. The van der Waals surface area contributed by atoms with Crippen molar-refractivity contribution < 1.29 is 33.9 Å². The fraction of sp³-hybridized carbons (Fsp3) is 0.833. The zero-order chi connectivity index (χ0) is 28.9. The zero-order valence-electron chi connectivity index (χ0n) is 25.1. The lowest BCUT2D eigenvalue weighted by Crippen LogP contribution is -2.55. The van der Waals surface area contributed by atoms with Crippen molar-refractivity contribution in [1.82, 2.24) is 0 Å². The molecule has 1 rings (SSSR count). The lowest BCUT2D eigenvalue weighted by Gasteiger charge is -2.33. The van der Waals surface area contributed by atoms with Crippen molar-refractivity contribution in [3.63, 3.8) is 0 Å². The molecule has 1 heterocycles. The number of aliphatic hydroxyl groups is 1. The zero-order valence-corrected chi connectivity index (χ0v) is 25.1. The number of aliphatic hydroxyl groups excluding tert-OH is 1. The second kappa shape index (κ2) is 21.1. The summed E-state index contributed by atoms with van der Waals surface area (Å²) in [4.78, 5) is 25.5. The van der Waals surface area contributed by atoms with Crippen LogP contribution in [-0.2, 0) is 9.59 Å². The van der Waals surface area contributed by atoms with E-state index in [1.165, 1.54) is 89.9 Å². The Labute approximate surface area is 232 Å². The van der Waals surface area contributed by atoms with Gasteiger partial charge in [0, 0.05) is 13.3 Å². The molecule has 0 fully saturated rings. The van der Waals surface area contributed by atoms with E-state index in [0.29, 0.717) is 4.48 Å². The summed E-state index contributed by atoms with van der Waals surface area (Å²) in [6, 6.07) is 0. The largest absolute Gasteiger partial charge is 0.544 e. The monoisotopic (exact) mass is 540 g/mol. The Morgan fingerprint density at radius 2 is 1.29 bits per heavy atom. The van der Waals surface area contributed by atoms with Gasteiger partial charge in [-0.05, 0) is 6.42 Å². The van der Waals surface area contributed by atoms with E-state index in [1.807, 2.05) is 0 Å². The van der Waals surface area contributed by atoms with Crippen LogP contribution in [0.4, 0.5) is 0 Å². The number of nitrogens with zero attached hydrogens (tertiary/aromatic N) is 3. The van der Waals surface area contributed by atoms with Crippen molar-refractivity contribution in [2.45, 2.75) is 129 Å². The van der Waals surface area contributed by atoms with E-state index >= 15 is 0 Å². The molecule has 0 saturated carbocycles. The van der Waals surface area contributed by atoms with Crippen molar-refractivity contribution in [2.24, 2.45) is 4.99 Å². The first kappa shape index (κ1) is 36.2. The minimum Gasteiger partial charge on any atom is -0.544 e. The van der Waals surface area contributed by atoms with Crippen LogP contribution in [0, 0.1) is 0 Å². The van der Waals surface area contributed by atoms with Crippen LogP contribution in [-0.4, -0.2) is 77.4 Å². The summed E-state index contributed by atoms with van der Waals surface area (Å²) >= 11 is 0. The molecule has 0 spiro atoms. The first-order valence-electron chi connectivity index (χ1n) is 15.0. The number of quaternary nitrogens is 2. The smallest absolute Gasteiger partial charge is 0.360 e. The summed E-state index contributed by atoms with van der Waals surface area (Å²) in [5, 5.41) is 29.2. The Kier molecular flexibility index (Phi) is 20.1. The van der Waals surface area contributed by atoms with Gasteiger partial charge in [-0.2, -0.15) is 0 Å².